The molecule has 0 amide bonds. The first kappa shape index (κ1) is 17.1. The molecule has 0 aliphatic heterocycles. The Labute approximate surface area is 124 Å². The normalized spacial score (nSPS) is 14.1. The smallest absolute Gasteiger partial charge is 0.193 e. The molecule has 0 heterocycles. The number of aldehydes is 1. The molecule has 1 rings (SSSR count). The summed E-state index contributed by atoms with van der Waals surface area (Å²) in [5.74, 6) is 0. The Morgan fingerprint density at radius 1 is 1.20 bits per heavy atom. The summed E-state index contributed by atoms with van der Waals surface area (Å²) in [6.07, 6.45) is 3.53. The molecule has 0 fully saturated rings. The molecule has 0 aromatic heterocycles. The lowest BCUT2D eigenvalue weighted by atomic mass is 10.1. The largest absolute Gasteiger partial charge is 0.407 e. The van der Waals surface area contributed by atoms with Gasteiger partial charge in [-0.15, -0.1) is 0 Å². The monoisotopic (exact) mass is 292 g/mol. The predicted octanol–water partition coefficient (Wildman–Crippen LogP) is 4.60. The van der Waals surface area contributed by atoms with Crippen LogP contribution in [0.1, 0.15) is 39.2 Å². The van der Waals surface area contributed by atoms with Crippen molar-refractivity contribution in [1.29, 1.82) is 0 Å². The van der Waals surface area contributed by atoms with Gasteiger partial charge in [-0.3, -0.25) is 0 Å². The van der Waals surface area contributed by atoms with Gasteiger partial charge < -0.3 is 9.22 Å². The third-order valence-electron chi connectivity index (χ3n) is 4.20. The van der Waals surface area contributed by atoms with Crippen molar-refractivity contribution in [3.63, 3.8) is 0 Å². The molecular formula is C17H28O2Si. The number of carbonyl (C=O) groups is 1. The minimum absolute atomic E-state index is 0.147. The summed E-state index contributed by atoms with van der Waals surface area (Å²) in [4.78, 5) is 11.2. The molecule has 0 N–H and O–H groups in total. The molecule has 0 spiro atoms. The summed E-state index contributed by atoms with van der Waals surface area (Å²) in [5, 5.41) is 0.147. The van der Waals surface area contributed by atoms with E-state index in [4.69, 9.17) is 4.43 Å². The summed E-state index contributed by atoms with van der Waals surface area (Å²) in [6.45, 7) is 11.0. The third kappa shape index (κ3) is 5.21. The van der Waals surface area contributed by atoms with Gasteiger partial charge in [0.15, 0.2) is 8.32 Å². The van der Waals surface area contributed by atoms with E-state index >= 15 is 0 Å². The van der Waals surface area contributed by atoms with Gasteiger partial charge in [-0.25, -0.2) is 0 Å². The average Bonchev–Trinajstić information content (AvgIpc) is 2.37. The molecule has 0 saturated carbocycles. The highest BCUT2D eigenvalue weighted by Gasteiger charge is 2.38. The molecular weight excluding hydrogens is 264 g/mol. The Hall–Kier alpha value is -0.933. The second kappa shape index (κ2) is 7.18. The summed E-state index contributed by atoms with van der Waals surface area (Å²) >= 11 is 0. The highest BCUT2D eigenvalue weighted by Crippen LogP contribution is 2.37. The number of aryl methyl sites for hydroxylation is 1. The predicted molar refractivity (Wildman–Crippen MR) is 87.5 cm³/mol. The van der Waals surface area contributed by atoms with Gasteiger partial charge in [0.25, 0.3) is 0 Å². The summed E-state index contributed by atoms with van der Waals surface area (Å²) in [5.41, 5.74) is 1.32. The number of hydrogen-bond acceptors (Lipinski definition) is 2. The van der Waals surface area contributed by atoms with E-state index in [0.29, 0.717) is 0 Å². The summed E-state index contributed by atoms with van der Waals surface area (Å²) < 4.78 is 6.16. The fourth-order valence-corrected chi connectivity index (χ4v) is 3.15. The Bertz CT molecular complexity index is 407. The Morgan fingerprint density at radius 3 is 2.30 bits per heavy atom. The molecule has 1 aromatic rings. The second-order valence-electron chi connectivity index (χ2n) is 6.93. The van der Waals surface area contributed by atoms with Crippen LogP contribution in [0.3, 0.4) is 0 Å². The van der Waals surface area contributed by atoms with E-state index in [9.17, 15) is 4.79 Å². The second-order valence-corrected chi connectivity index (χ2v) is 11.7. The van der Waals surface area contributed by atoms with Gasteiger partial charge in [0.05, 0.1) is 0 Å². The molecule has 1 unspecified atom stereocenters. The van der Waals surface area contributed by atoms with E-state index in [1.54, 1.807) is 0 Å². The van der Waals surface area contributed by atoms with Crippen molar-refractivity contribution in [2.75, 3.05) is 0 Å². The van der Waals surface area contributed by atoms with E-state index in [0.717, 1.165) is 25.5 Å². The van der Waals surface area contributed by atoms with Gasteiger partial charge in [-0.1, -0.05) is 51.1 Å². The van der Waals surface area contributed by atoms with Crippen molar-refractivity contribution in [2.24, 2.45) is 0 Å². The number of rotatable bonds is 7. The minimum Gasteiger partial charge on any atom is -0.407 e. The lowest BCUT2D eigenvalue weighted by Crippen LogP contribution is -2.44. The van der Waals surface area contributed by atoms with Crippen LogP contribution < -0.4 is 0 Å². The van der Waals surface area contributed by atoms with Crippen LogP contribution in [0.25, 0.3) is 0 Å². The highest BCUT2D eigenvalue weighted by molar-refractivity contribution is 6.74. The molecule has 0 aliphatic carbocycles. The molecule has 1 aromatic carbocycles. The quantitative estimate of drug-likeness (QED) is 0.542. The van der Waals surface area contributed by atoms with Gasteiger partial charge in [0.1, 0.15) is 12.4 Å². The van der Waals surface area contributed by atoms with Crippen molar-refractivity contribution in [3.05, 3.63) is 35.9 Å². The molecule has 0 radical (unpaired) electrons. The maximum Gasteiger partial charge on any atom is 0.193 e. The zero-order valence-corrected chi connectivity index (χ0v) is 14.5. The third-order valence-corrected chi connectivity index (χ3v) is 8.71. The standard InChI is InChI=1S/C17H28O2Si/c1-17(2,3)20(4,5)19-16(14-18)13-9-12-15-10-7-6-8-11-15/h6-8,10-11,14,16H,9,12-13H2,1-5H3. The summed E-state index contributed by atoms with van der Waals surface area (Å²) in [7, 11) is -1.85. The summed E-state index contributed by atoms with van der Waals surface area (Å²) in [6, 6.07) is 10.4. The van der Waals surface area contributed by atoms with E-state index in [-0.39, 0.29) is 11.1 Å². The van der Waals surface area contributed by atoms with Crippen molar-refractivity contribution in [1.82, 2.24) is 0 Å². The lowest BCUT2D eigenvalue weighted by Gasteiger charge is -2.38. The Kier molecular flexibility index (Phi) is 6.15. The molecule has 0 bridgehead atoms. The number of carbonyl (C=O) groups excluding carboxylic acids is 1. The zero-order chi connectivity index (χ0) is 15.2. The van der Waals surface area contributed by atoms with Gasteiger partial charge in [-0.2, -0.15) is 0 Å². The SMILES string of the molecule is CC(C)(C)[Si](C)(C)OC(C=O)CCCc1ccccc1. The van der Waals surface area contributed by atoms with Crippen molar-refractivity contribution in [2.45, 2.75) is 64.3 Å². The topological polar surface area (TPSA) is 26.3 Å². The van der Waals surface area contributed by atoms with E-state index in [2.05, 4.69) is 58.1 Å². The van der Waals surface area contributed by atoms with E-state index in [1.807, 2.05) is 6.07 Å². The molecule has 2 nitrogen and oxygen atoms in total. The van der Waals surface area contributed by atoms with Crippen molar-refractivity contribution >= 4 is 14.6 Å². The van der Waals surface area contributed by atoms with Crippen LogP contribution in [0.2, 0.25) is 18.1 Å². The maximum atomic E-state index is 11.2. The van der Waals surface area contributed by atoms with Gasteiger partial charge in [0.2, 0.25) is 0 Å². The van der Waals surface area contributed by atoms with Crippen LogP contribution in [0, 0.1) is 0 Å². The molecule has 112 valence electrons. The highest BCUT2D eigenvalue weighted by atomic mass is 28.4. The first-order valence-electron chi connectivity index (χ1n) is 7.43. The molecule has 3 heteroatoms. The fraction of sp³-hybridized carbons (Fsp3) is 0.588. The first-order valence-corrected chi connectivity index (χ1v) is 10.3. The first-order chi connectivity index (χ1) is 9.26. The minimum atomic E-state index is -1.85. The van der Waals surface area contributed by atoms with Crippen LogP contribution in [0.15, 0.2) is 30.3 Å². The van der Waals surface area contributed by atoms with Crippen LogP contribution in [0.5, 0.6) is 0 Å². The van der Waals surface area contributed by atoms with E-state index in [1.165, 1.54) is 5.56 Å². The Balaban J connectivity index is 2.46. The van der Waals surface area contributed by atoms with Crippen molar-refractivity contribution < 1.29 is 9.22 Å². The number of benzene rings is 1. The van der Waals surface area contributed by atoms with Crippen LogP contribution >= 0.6 is 0 Å². The maximum absolute atomic E-state index is 11.2. The van der Waals surface area contributed by atoms with Gasteiger partial charge in [0, 0.05) is 0 Å². The molecule has 20 heavy (non-hydrogen) atoms. The number of hydrogen-bond donors (Lipinski definition) is 0. The molecule has 0 saturated heterocycles. The van der Waals surface area contributed by atoms with Gasteiger partial charge >= 0.3 is 0 Å². The molecule has 0 aliphatic rings. The van der Waals surface area contributed by atoms with Crippen LogP contribution in [0.4, 0.5) is 0 Å². The van der Waals surface area contributed by atoms with Crippen LogP contribution in [-0.4, -0.2) is 20.7 Å². The Morgan fingerprint density at radius 2 is 1.80 bits per heavy atom. The average molecular weight is 292 g/mol. The zero-order valence-electron chi connectivity index (χ0n) is 13.5. The lowest BCUT2D eigenvalue weighted by molar-refractivity contribution is -0.114. The molecule has 1 atom stereocenters. The van der Waals surface area contributed by atoms with E-state index < -0.39 is 8.32 Å². The van der Waals surface area contributed by atoms with Crippen LogP contribution in [-0.2, 0) is 15.6 Å². The van der Waals surface area contributed by atoms with Crippen molar-refractivity contribution in [3.8, 4) is 0 Å². The van der Waals surface area contributed by atoms with Gasteiger partial charge in [-0.05, 0) is 43.0 Å². The fourth-order valence-electron chi connectivity index (χ4n) is 1.86.